The van der Waals surface area contributed by atoms with Crippen LogP contribution in [0.1, 0.15) is 33.1 Å². The number of nitrogens with zero attached hydrogens (tertiary/aromatic N) is 1. The van der Waals surface area contributed by atoms with Gasteiger partial charge in [0, 0.05) is 13.5 Å². The van der Waals surface area contributed by atoms with E-state index in [1.165, 1.54) is 25.9 Å². The van der Waals surface area contributed by atoms with E-state index in [1.807, 2.05) is 0 Å². The lowest BCUT2D eigenvalue weighted by Gasteiger charge is -2.30. The third-order valence-corrected chi connectivity index (χ3v) is 2.90. The van der Waals surface area contributed by atoms with E-state index in [2.05, 4.69) is 17.1 Å². The van der Waals surface area contributed by atoms with Crippen molar-refractivity contribution in [2.45, 2.75) is 33.1 Å². The van der Waals surface area contributed by atoms with Gasteiger partial charge in [-0.15, -0.1) is 0 Å². The van der Waals surface area contributed by atoms with E-state index < -0.39 is 0 Å². The first-order valence-corrected chi connectivity index (χ1v) is 5.65. The van der Waals surface area contributed by atoms with Gasteiger partial charge in [-0.05, 0) is 44.8 Å². The van der Waals surface area contributed by atoms with Crippen molar-refractivity contribution in [3.63, 3.8) is 0 Å². The fourth-order valence-corrected chi connectivity index (χ4v) is 1.85. The van der Waals surface area contributed by atoms with Gasteiger partial charge in [-0.2, -0.15) is 0 Å². The number of carbonyl (C=O) groups is 1. The molecule has 1 saturated heterocycles. The average molecular weight is 198 g/mol. The number of piperidine rings is 1. The number of hydrogen-bond acceptors (Lipinski definition) is 2. The summed E-state index contributed by atoms with van der Waals surface area (Å²) < 4.78 is 0. The Bertz CT molecular complexity index is 174. The van der Waals surface area contributed by atoms with E-state index >= 15 is 0 Å². The van der Waals surface area contributed by atoms with Gasteiger partial charge in [0.2, 0.25) is 5.91 Å². The number of nitrogens with one attached hydrogen (secondary N) is 1. The van der Waals surface area contributed by atoms with Crippen LogP contribution in [0.2, 0.25) is 0 Å². The summed E-state index contributed by atoms with van der Waals surface area (Å²) in [6.45, 7) is 8.33. The van der Waals surface area contributed by atoms with Crippen molar-refractivity contribution in [1.29, 1.82) is 0 Å². The highest BCUT2D eigenvalue weighted by Crippen LogP contribution is 2.15. The predicted molar refractivity (Wildman–Crippen MR) is 58.1 cm³/mol. The van der Waals surface area contributed by atoms with Crippen molar-refractivity contribution in [2.75, 3.05) is 26.2 Å². The summed E-state index contributed by atoms with van der Waals surface area (Å²) >= 11 is 0. The minimum atomic E-state index is 0.0808. The van der Waals surface area contributed by atoms with E-state index in [-0.39, 0.29) is 5.91 Å². The minimum Gasteiger partial charge on any atom is -0.356 e. The minimum absolute atomic E-state index is 0.0808. The number of rotatable bonds is 4. The summed E-state index contributed by atoms with van der Waals surface area (Å²) in [5.74, 6) is 0.985. The Balaban J connectivity index is 1.99. The predicted octanol–water partition coefficient (Wildman–Crippen LogP) is 1.24. The van der Waals surface area contributed by atoms with Crippen molar-refractivity contribution in [2.24, 2.45) is 5.92 Å². The van der Waals surface area contributed by atoms with Crippen LogP contribution in [0, 0.1) is 5.92 Å². The molecule has 1 rings (SSSR count). The number of amides is 1. The van der Waals surface area contributed by atoms with Crippen LogP contribution in [0.25, 0.3) is 0 Å². The summed E-state index contributed by atoms with van der Waals surface area (Å²) in [5.41, 5.74) is 0. The first kappa shape index (κ1) is 11.5. The molecule has 0 aliphatic carbocycles. The van der Waals surface area contributed by atoms with Crippen LogP contribution in [0.5, 0.6) is 0 Å². The molecule has 3 nitrogen and oxygen atoms in total. The fraction of sp³-hybridized carbons (Fsp3) is 0.909. The molecular formula is C11H22N2O. The summed E-state index contributed by atoms with van der Waals surface area (Å²) in [6.07, 6.45) is 3.74. The molecule has 1 aliphatic heterocycles. The van der Waals surface area contributed by atoms with Crippen LogP contribution >= 0.6 is 0 Å². The Kier molecular flexibility index (Phi) is 4.94. The molecule has 0 radical (unpaired) electrons. The van der Waals surface area contributed by atoms with Crippen LogP contribution in [0.3, 0.4) is 0 Å². The van der Waals surface area contributed by atoms with Crippen LogP contribution in [0.4, 0.5) is 0 Å². The summed E-state index contributed by atoms with van der Waals surface area (Å²) in [5, 5.41) is 2.83. The third kappa shape index (κ3) is 4.61. The highest BCUT2D eigenvalue weighted by molar-refractivity contribution is 5.72. The Hall–Kier alpha value is -0.570. The lowest BCUT2D eigenvalue weighted by Crippen LogP contribution is -2.35. The molecule has 1 heterocycles. The quantitative estimate of drug-likeness (QED) is 0.689. The summed E-state index contributed by atoms with van der Waals surface area (Å²) in [4.78, 5) is 13.1. The summed E-state index contributed by atoms with van der Waals surface area (Å²) in [6, 6.07) is 0. The second kappa shape index (κ2) is 6.02. The van der Waals surface area contributed by atoms with Crippen LogP contribution < -0.4 is 5.32 Å². The SMILES string of the molecule is CC(=O)NCCCN1CCC(C)CC1. The van der Waals surface area contributed by atoms with Crippen molar-refractivity contribution in [3.05, 3.63) is 0 Å². The normalized spacial score (nSPS) is 19.6. The second-order valence-electron chi connectivity index (χ2n) is 4.36. The topological polar surface area (TPSA) is 32.3 Å². The maximum atomic E-state index is 10.6. The van der Waals surface area contributed by atoms with E-state index in [0.29, 0.717) is 0 Å². The molecule has 3 heteroatoms. The molecule has 1 fully saturated rings. The van der Waals surface area contributed by atoms with E-state index in [4.69, 9.17) is 0 Å². The molecule has 0 aromatic heterocycles. The molecule has 82 valence electrons. The molecule has 0 aromatic carbocycles. The van der Waals surface area contributed by atoms with Crippen molar-refractivity contribution in [3.8, 4) is 0 Å². The Morgan fingerprint density at radius 2 is 2.07 bits per heavy atom. The molecule has 0 bridgehead atoms. The zero-order valence-electron chi connectivity index (χ0n) is 9.38. The highest BCUT2D eigenvalue weighted by Gasteiger charge is 2.14. The monoisotopic (exact) mass is 198 g/mol. The zero-order chi connectivity index (χ0) is 10.4. The number of hydrogen-bond donors (Lipinski definition) is 1. The molecule has 1 amide bonds. The van der Waals surface area contributed by atoms with Gasteiger partial charge in [-0.25, -0.2) is 0 Å². The van der Waals surface area contributed by atoms with Crippen LogP contribution in [-0.2, 0) is 4.79 Å². The number of likely N-dealkylation sites (tertiary alicyclic amines) is 1. The maximum Gasteiger partial charge on any atom is 0.216 e. The molecule has 0 spiro atoms. The molecule has 0 saturated carbocycles. The fourth-order valence-electron chi connectivity index (χ4n) is 1.85. The van der Waals surface area contributed by atoms with Crippen LogP contribution in [0.15, 0.2) is 0 Å². The molecule has 1 N–H and O–H groups in total. The number of carbonyl (C=O) groups excluding carboxylic acids is 1. The lowest BCUT2D eigenvalue weighted by atomic mass is 9.99. The van der Waals surface area contributed by atoms with Crippen molar-refractivity contribution < 1.29 is 4.79 Å². The van der Waals surface area contributed by atoms with E-state index in [0.717, 1.165) is 25.4 Å². The van der Waals surface area contributed by atoms with Gasteiger partial charge in [0.25, 0.3) is 0 Å². The molecule has 0 aromatic rings. The van der Waals surface area contributed by atoms with Gasteiger partial charge in [0.05, 0.1) is 0 Å². The molecule has 0 atom stereocenters. The van der Waals surface area contributed by atoms with Gasteiger partial charge in [-0.1, -0.05) is 6.92 Å². The first-order valence-electron chi connectivity index (χ1n) is 5.65. The van der Waals surface area contributed by atoms with Gasteiger partial charge in [-0.3, -0.25) is 4.79 Å². The Labute approximate surface area is 86.9 Å². The molecular weight excluding hydrogens is 176 g/mol. The Morgan fingerprint density at radius 1 is 1.43 bits per heavy atom. The third-order valence-electron chi connectivity index (χ3n) is 2.90. The Morgan fingerprint density at radius 3 is 2.64 bits per heavy atom. The molecule has 14 heavy (non-hydrogen) atoms. The largest absolute Gasteiger partial charge is 0.356 e. The van der Waals surface area contributed by atoms with E-state index in [9.17, 15) is 4.79 Å². The van der Waals surface area contributed by atoms with Crippen LogP contribution in [-0.4, -0.2) is 37.0 Å². The smallest absolute Gasteiger partial charge is 0.216 e. The highest BCUT2D eigenvalue weighted by atomic mass is 16.1. The van der Waals surface area contributed by atoms with Crippen molar-refractivity contribution in [1.82, 2.24) is 10.2 Å². The van der Waals surface area contributed by atoms with Gasteiger partial charge < -0.3 is 10.2 Å². The molecule has 0 unspecified atom stereocenters. The zero-order valence-corrected chi connectivity index (χ0v) is 9.38. The lowest BCUT2D eigenvalue weighted by molar-refractivity contribution is -0.118. The van der Waals surface area contributed by atoms with E-state index in [1.54, 1.807) is 6.92 Å². The molecule has 1 aliphatic rings. The van der Waals surface area contributed by atoms with Gasteiger partial charge in [0.1, 0.15) is 0 Å². The average Bonchev–Trinajstić information content (AvgIpc) is 2.15. The summed E-state index contributed by atoms with van der Waals surface area (Å²) in [7, 11) is 0. The maximum absolute atomic E-state index is 10.6. The van der Waals surface area contributed by atoms with Crippen molar-refractivity contribution >= 4 is 5.91 Å². The standard InChI is InChI=1S/C11H22N2O/c1-10-4-8-13(9-5-10)7-3-6-12-11(2)14/h10H,3-9H2,1-2H3,(H,12,14). The van der Waals surface area contributed by atoms with Gasteiger partial charge in [0.15, 0.2) is 0 Å². The van der Waals surface area contributed by atoms with Gasteiger partial charge >= 0.3 is 0 Å². The second-order valence-corrected chi connectivity index (χ2v) is 4.36. The first-order chi connectivity index (χ1) is 6.68.